The molecule has 0 bridgehead atoms. The van der Waals surface area contributed by atoms with Crippen molar-refractivity contribution in [2.75, 3.05) is 31.5 Å². The number of hydrogen-bond donors (Lipinski definition) is 1. The van der Waals surface area contributed by atoms with Gasteiger partial charge in [-0.15, -0.1) is 0 Å². The van der Waals surface area contributed by atoms with Crippen LogP contribution in [0, 0.1) is 24.4 Å². The van der Waals surface area contributed by atoms with Gasteiger partial charge in [-0.25, -0.2) is 21.6 Å². The lowest BCUT2D eigenvalue weighted by molar-refractivity contribution is -0.121. The van der Waals surface area contributed by atoms with E-state index in [1.54, 1.807) is 24.8 Å². The molecule has 6 nitrogen and oxygen atoms in total. The van der Waals surface area contributed by atoms with Crippen LogP contribution >= 0.6 is 0 Å². The molecule has 1 aliphatic rings. The fourth-order valence-electron chi connectivity index (χ4n) is 3.29. The average Bonchev–Trinajstić information content (AvgIpc) is 2.70. The maximum Gasteiger partial charge on any atom is 0.246 e. The Morgan fingerprint density at radius 3 is 2.23 bits per heavy atom. The van der Waals surface area contributed by atoms with Crippen molar-refractivity contribution >= 4 is 21.6 Å². The van der Waals surface area contributed by atoms with Crippen LogP contribution in [0.25, 0.3) is 0 Å². The summed E-state index contributed by atoms with van der Waals surface area (Å²) in [6.07, 6.45) is 0. The fourth-order valence-corrected chi connectivity index (χ4v) is 4.75. The summed E-state index contributed by atoms with van der Waals surface area (Å²) in [6, 6.07) is 5.86. The van der Waals surface area contributed by atoms with Gasteiger partial charge >= 0.3 is 0 Å². The third-order valence-corrected chi connectivity index (χ3v) is 7.10. The molecule has 0 radical (unpaired) electrons. The van der Waals surface area contributed by atoms with Gasteiger partial charge in [0.15, 0.2) is 0 Å². The third-order valence-electron chi connectivity index (χ3n) is 5.17. The lowest BCUT2D eigenvalue weighted by atomic mass is 10.1. The van der Waals surface area contributed by atoms with Crippen molar-refractivity contribution in [1.82, 2.24) is 9.21 Å². The molecule has 0 spiro atoms. The molecule has 0 aliphatic carbocycles. The van der Waals surface area contributed by atoms with E-state index in [0.717, 1.165) is 16.4 Å². The van der Waals surface area contributed by atoms with Gasteiger partial charge in [0, 0.05) is 37.9 Å². The normalized spacial score (nSPS) is 17.0. The number of nitrogens with zero attached hydrogens (tertiary/aromatic N) is 2. The first-order valence-electron chi connectivity index (χ1n) is 9.36. The topological polar surface area (TPSA) is 69.7 Å². The van der Waals surface area contributed by atoms with Gasteiger partial charge in [-0.2, -0.15) is 4.31 Å². The molecular formula is C20H22F3N3O3S. The second-order valence-electron chi connectivity index (χ2n) is 7.14. The number of nitrogens with one attached hydrogen (secondary N) is 1. The smallest absolute Gasteiger partial charge is 0.246 e. The van der Waals surface area contributed by atoms with E-state index in [1.165, 1.54) is 12.1 Å². The Kier molecular flexibility index (Phi) is 6.49. The van der Waals surface area contributed by atoms with E-state index in [-0.39, 0.29) is 32.1 Å². The average molecular weight is 441 g/mol. The van der Waals surface area contributed by atoms with Crippen molar-refractivity contribution in [2.45, 2.75) is 24.8 Å². The molecule has 0 saturated carbocycles. The van der Waals surface area contributed by atoms with Gasteiger partial charge < -0.3 is 5.32 Å². The number of sulfonamides is 1. The highest BCUT2D eigenvalue weighted by molar-refractivity contribution is 7.89. The molecule has 1 unspecified atom stereocenters. The van der Waals surface area contributed by atoms with E-state index in [9.17, 15) is 26.4 Å². The Morgan fingerprint density at radius 2 is 1.60 bits per heavy atom. The minimum atomic E-state index is -4.11. The molecule has 3 rings (SSSR count). The van der Waals surface area contributed by atoms with Crippen LogP contribution in [-0.2, 0) is 14.8 Å². The molecule has 0 aromatic heterocycles. The Labute approximate surface area is 173 Å². The largest absolute Gasteiger partial charge is 0.324 e. The third kappa shape index (κ3) is 4.66. The fraction of sp³-hybridized carbons (Fsp3) is 0.350. The number of carbonyl (C=O) groups excluding carboxylic acids is 1. The van der Waals surface area contributed by atoms with E-state index >= 15 is 0 Å². The zero-order chi connectivity index (χ0) is 22.1. The number of amides is 1. The standard InChI is InChI=1S/C20H22F3N3O3S/c1-13-3-4-16(22)12-18(13)24-20(27)14(2)25-7-9-26(10-8-25)30(28,29)19-6-5-15(21)11-17(19)23/h3-6,11-12,14H,7-10H2,1-2H3,(H,24,27). The second kappa shape index (κ2) is 8.75. The molecule has 1 amide bonds. The molecule has 1 heterocycles. The van der Waals surface area contributed by atoms with Gasteiger partial charge in [0.1, 0.15) is 22.3 Å². The summed E-state index contributed by atoms with van der Waals surface area (Å²) in [5, 5.41) is 2.69. The summed E-state index contributed by atoms with van der Waals surface area (Å²) in [6.45, 7) is 4.02. The Bertz CT molecular complexity index is 1050. The van der Waals surface area contributed by atoms with E-state index in [4.69, 9.17) is 0 Å². The lowest BCUT2D eigenvalue weighted by Gasteiger charge is -2.36. The van der Waals surface area contributed by atoms with Crippen LogP contribution in [-0.4, -0.2) is 55.8 Å². The molecule has 1 atom stereocenters. The number of halogens is 3. The second-order valence-corrected chi connectivity index (χ2v) is 9.05. The number of carbonyl (C=O) groups is 1. The molecule has 2 aromatic carbocycles. The first-order chi connectivity index (χ1) is 14.1. The summed E-state index contributed by atoms with van der Waals surface area (Å²) in [5.41, 5.74) is 1.09. The van der Waals surface area contributed by atoms with Gasteiger partial charge in [-0.05, 0) is 43.7 Å². The Hall–Kier alpha value is -2.43. The first-order valence-corrected chi connectivity index (χ1v) is 10.8. The van der Waals surface area contributed by atoms with E-state index < -0.39 is 38.4 Å². The highest BCUT2D eigenvalue weighted by atomic mass is 32.2. The Morgan fingerprint density at radius 1 is 1.00 bits per heavy atom. The van der Waals surface area contributed by atoms with Gasteiger partial charge in [-0.3, -0.25) is 9.69 Å². The van der Waals surface area contributed by atoms with E-state index in [2.05, 4.69) is 5.32 Å². The summed E-state index contributed by atoms with van der Waals surface area (Å²) in [4.78, 5) is 13.8. The molecular weight excluding hydrogens is 419 g/mol. The van der Waals surface area contributed by atoms with Gasteiger partial charge in [0.05, 0.1) is 6.04 Å². The number of hydrogen-bond acceptors (Lipinski definition) is 4. The highest BCUT2D eigenvalue weighted by Gasteiger charge is 2.33. The van der Waals surface area contributed by atoms with Crippen LogP contribution in [0.1, 0.15) is 12.5 Å². The number of piperazine rings is 1. The van der Waals surface area contributed by atoms with Crippen LogP contribution in [0.4, 0.5) is 18.9 Å². The molecule has 1 saturated heterocycles. The van der Waals surface area contributed by atoms with E-state index in [0.29, 0.717) is 17.3 Å². The highest BCUT2D eigenvalue weighted by Crippen LogP contribution is 2.22. The zero-order valence-electron chi connectivity index (χ0n) is 16.5. The van der Waals surface area contributed by atoms with Crippen LogP contribution in [0.3, 0.4) is 0 Å². The van der Waals surface area contributed by atoms with Crippen LogP contribution in [0.2, 0.25) is 0 Å². The molecule has 162 valence electrons. The maximum atomic E-state index is 13.9. The van der Waals surface area contributed by atoms with Crippen LogP contribution in [0.15, 0.2) is 41.3 Å². The van der Waals surface area contributed by atoms with Crippen molar-refractivity contribution < 1.29 is 26.4 Å². The first kappa shape index (κ1) is 22.3. The molecule has 30 heavy (non-hydrogen) atoms. The number of aryl methyl sites for hydroxylation is 1. The molecule has 2 aromatic rings. The maximum absolute atomic E-state index is 13.9. The summed E-state index contributed by atoms with van der Waals surface area (Å²) < 4.78 is 66.9. The zero-order valence-corrected chi connectivity index (χ0v) is 17.3. The van der Waals surface area contributed by atoms with Gasteiger partial charge in [0.25, 0.3) is 0 Å². The minimum Gasteiger partial charge on any atom is -0.324 e. The quantitative estimate of drug-likeness (QED) is 0.775. The number of anilines is 1. The monoisotopic (exact) mass is 441 g/mol. The van der Waals surface area contributed by atoms with Crippen molar-refractivity contribution in [3.63, 3.8) is 0 Å². The van der Waals surface area contributed by atoms with Crippen molar-refractivity contribution in [3.8, 4) is 0 Å². The molecule has 10 heteroatoms. The molecule has 1 aliphatic heterocycles. The minimum absolute atomic E-state index is 0.0514. The van der Waals surface area contributed by atoms with Crippen LogP contribution < -0.4 is 5.32 Å². The summed E-state index contributed by atoms with van der Waals surface area (Å²) in [7, 11) is -4.11. The van der Waals surface area contributed by atoms with Crippen molar-refractivity contribution in [1.29, 1.82) is 0 Å². The van der Waals surface area contributed by atoms with Crippen LogP contribution in [0.5, 0.6) is 0 Å². The van der Waals surface area contributed by atoms with Crippen molar-refractivity contribution in [2.24, 2.45) is 0 Å². The van der Waals surface area contributed by atoms with E-state index in [1.807, 2.05) is 0 Å². The number of benzene rings is 2. The molecule has 1 fully saturated rings. The lowest BCUT2D eigenvalue weighted by Crippen LogP contribution is -2.54. The molecule has 1 N–H and O–H groups in total. The summed E-state index contributed by atoms with van der Waals surface area (Å²) in [5.74, 6) is -2.81. The van der Waals surface area contributed by atoms with Crippen molar-refractivity contribution in [3.05, 3.63) is 59.4 Å². The SMILES string of the molecule is Cc1ccc(F)cc1NC(=O)C(C)N1CCN(S(=O)(=O)c2ccc(F)cc2F)CC1. The summed E-state index contributed by atoms with van der Waals surface area (Å²) >= 11 is 0. The Balaban J connectivity index is 1.64. The van der Waals surface area contributed by atoms with Gasteiger partial charge in [0.2, 0.25) is 15.9 Å². The number of rotatable bonds is 5. The van der Waals surface area contributed by atoms with Gasteiger partial charge in [-0.1, -0.05) is 6.07 Å². The predicted molar refractivity (Wildman–Crippen MR) is 106 cm³/mol. The predicted octanol–water partition coefficient (Wildman–Crippen LogP) is 2.75.